The lowest BCUT2D eigenvalue weighted by Crippen LogP contribution is -2.17. The molecule has 1 N–H and O–H groups in total. The quantitative estimate of drug-likeness (QED) is 0.890. The average molecular weight is 314 g/mol. The number of anilines is 1. The van der Waals surface area contributed by atoms with Gasteiger partial charge in [-0.2, -0.15) is 0 Å². The molecular formula is C18H22N2O3. The molecule has 0 aliphatic rings. The molecule has 23 heavy (non-hydrogen) atoms. The molecule has 0 heterocycles. The Morgan fingerprint density at radius 1 is 1.09 bits per heavy atom. The maximum Gasteiger partial charge on any atom is 0.259 e. The highest BCUT2D eigenvalue weighted by atomic mass is 16.5. The van der Waals surface area contributed by atoms with E-state index in [1.54, 1.807) is 25.3 Å². The van der Waals surface area contributed by atoms with Crippen molar-refractivity contribution < 1.29 is 14.3 Å². The number of carbonyl (C=O) groups excluding carboxylic acids is 1. The topological polar surface area (TPSA) is 50.8 Å². The zero-order chi connectivity index (χ0) is 16.8. The number of hydrogen-bond acceptors (Lipinski definition) is 4. The molecule has 122 valence electrons. The molecule has 5 nitrogen and oxygen atoms in total. The molecule has 5 heteroatoms. The van der Waals surface area contributed by atoms with Gasteiger partial charge in [-0.3, -0.25) is 4.79 Å². The van der Waals surface area contributed by atoms with Gasteiger partial charge in [0.15, 0.2) is 0 Å². The molecule has 0 aliphatic heterocycles. The molecule has 0 fully saturated rings. The Morgan fingerprint density at radius 2 is 1.83 bits per heavy atom. The van der Waals surface area contributed by atoms with Crippen molar-refractivity contribution in [1.82, 2.24) is 4.90 Å². The Kier molecular flexibility index (Phi) is 5.60. The van der Waals surface area contributed by atoms with Crippen LogP contribution in [-0.2, 0) is 6.54 Å². The lowest BCUT2D eigenvalue weighted by atomic mass is 10.1. The second-order valence-corrected chi connectivity index (χ2v) is 5.42. The van der Waals surface area contributed by atoms with Crippen LogP contribution in [-0.4, -0.2) is 39.1 Å². The third kappa shape index (κ3) is 4.23. The van der Waals surface area contributed by atoms with Crippen LogP contribution in [0.3, 0.4) is 0 Å². The normalized spacial score (nSPS) is 10.5. The molecule has 2 rings (SSSR count). The first kappa shape index (κ1) is 16.8. The Balaban J connectivity index is 2.26. The second-order valence-electron chi connectivity index (χ2n) is 5.42. The standard InChI is InChI=1S/C18H22N2O3/c1-20(2)12-13-7-5-6-8-16(13)19-18(21)15-10-9-14(22-3)11-17(15)23-4/h5-11H,12H2,1-4H3,(H,19,21). The van der Waals surface area contributed by atoms with E-state index in [1.165, 1.54) is 7.11 Å². The maximum atomic E-state index is 12.6. The molecule has 2 aromatic rings. The number of carbonyl (C=O) groups is 1. The highest BCUT2D eigenvalue weighted by Crippen LogP contribution is 2.26. The van der Waals surface area contributed by atoms with E-state index in [2.05, 4.69) is 10.2 Å². The average Bonchev–Trinajstić information content (AvgIpc) is 2.55. The van der Waals surface area contributed by atoms with Crippen LogP contribution < -0.4 is 14.8 Å². The maximum absolute atomic E-state index is 12.6. The number of nitrogens with one attached hydrogen (secondary N) is 1. The largest absolute Gasteiger partial charge is 0.497 e. The van der Waals surface area contributed by atoms with E-state index >= 15 is 0 Å². The molecule has 0 atom stereocenters. The first-order valence-corrected chi connectivity index (χ1v) is 7.31. The highest BCUT2D eigenvalue weighted by Gasteiger charge is 2.15. The number of hydrogen-bond donors (Lipinski definition) is 1. The Labute approximate surface area is 136 Å². The van der Waals surface area contributed by atoms with Crippen molar-refractivity contribution in [3.05, 3.63) is 53.6 Å². The summed E-state index contributed by atoms with van der Waals surface area (Å²) in [5.41, 5.74) is 2.32. The van der Waals surface area contributed by atoms with Crippen LogP contribution >= 0.6 is 0 Å². The molecule has 0 spiro atoms. The molecule has 0 bridgehead atoms. The minimum atomic E-state index is -0.212. The van der Waals surface area contributed by atoms with E-state index in [0.717, 1.165) is 17.8 Å². The van der Waals surface area contributed by atoms with Gasteiger partial charge in [0.25, 0.3) is 5.91 Å². The van der Waals surface area contributed by atoms with Crippen molar-refractivity contribution in [2.75, 3.05) is 33.6 Å². The molecular weight excluding hydrogens is 292 g/mol. The van der Waals surface area contributed by atoms with Gasteiger partial charge in [-0.25, -0.2) is 0 Å². The SMILES string of the molecule is COc1ccc(C(=O)Nc2ccccc2CN(C)C)c(OC)c1. The van der Waals surface area contributed by atoms with Gasteiger partial charge in [-0.15, -0.1) is 0 Å². The molecule has 2 aromatic carbocycles. The summed E-state index contributed by atoms with van der Waals surface area (Å²) in [6.07, 6.45) is 0. The predicted molar refractivity (Wildman–Crippen MR) is 91.3 cm³/mol. The number of para-hydroxylation sites is 1. The smallest absolute Gasteiger partial charge is 0.259 e. The number of nitrogens with zero attached hydrogens (tertiary/aromatic N) is 1. The fourth-order valence-electron chi connectivity index (χ4n) is 2.30. The van der Waals surface area contributed by atoms with E-state index in [0.29, 0.717) is 17.1 Å². The van der Waals surface area contributed by atoms with Crippen molar-refractivity contribution in [3.63, 3.8) is 0 Å². The van der Waals surface area contributed by atoms with Crippen molar-refractivity contribution >= 4 is 11.6 Å². The summed E-state index contributed by atoms with van der Waals surface area (Å²) in [6, 6.07) is 12.9. The van der Waals surface area contributed by atoms with Crippen LogP contribution in [0.1, 0.15) is 15.9 Å². The van der Waals surface area contributed by atoms with Crippen molar-refractivity contribution in [2.45, 2.75) is 6.54 Å². The van der Waals surface area contributed by atoms with Crippen LogP contribution in [0.5, 0.6) is 11.5 Å². The zero-order valence-electron chi connectivity index (χ0n) is 13.9. The van der Waals surface area contributed by atoms with Gasteiger partial charge in [-0.1, -0.05) is 18.2 Å². The van der Waals surface area contributed by atoms with Gasteiger partial charge >= 0.3 is 0 Å². The second kappa shape index (κ2) is 7.65. The highest BCUT2D eigenvalue weighted by molar-refractivity contribution is 6.06. The molecule has 0 saturated heterocycles. The number of ether oxygens (including phenoxy) is 2. The van der Waals surface area contributed by atoms with E-state index in [4.69, 9.17) is 9.47 Å². The fraction of sp³-hybridized carbons (Fsp3) is 0.278. The van der Waals surface area contributed by atoms with Gasteiger partial charge in [-0.05, 0) is 37.9 Å². The van der Waals surface area contributed by atoms with Crippen LogP contribution in [0, 0.1) is 0 Å². The van der Waals surface area contributed by atoms with Crippen molar-refractivity contribution in [1.29, 1.82) is 0 Å². The number of amides is 1. The van der Waals surface area contributed by atoms with Crippen LogP contribution in [0.2, 0.25) is 0 Å². The summed E-state index contributed by atoms with van der Waals surface area (Å²) in [5, 5.41) is 2.96. The predicted octanol–water partition coefficient (Wildman–Crippen LogP) is 3.02. The number of methoxy groups -OCH3 is 2. The van der Waals surface area contributed by atoms with Crippen LogP contribution in [0.25, 0.3) is 0 Å². The lowest BCUT2D eigenvalue weighted by Gasteiger charge is -2.16. The van der Waals surface area contributed by atoms with E-state index in [9.17, 15) is 4.79 Å². The first-order chi connectivity index (χ1) is 11.0. The molecule has 0 saturated carbocycles. The van der Waals surface area contributed by atoms with E-state index < -0.39 is 0 Å². The van der Waals surface area contributed by atoms with Gasteiger partial charge in [0.05, 0.1) is 19.8 Å². The Hall–Kier alpha value is -2.53. The summed E-state index contributed by atoms with van der Waals surface area (Å²) in [6.45, 7) is 0.746. The molecule has 1 amide bonds. The first-order valence-electron chi connectivity index (χ1n) is 7.31. The van der Waals surface area contributed by atoms with Crippen molar-refractivity contribution in [2.24, 2.45) is 0 Å². The molecule has 0 aliphatic carbocycles. The minimum Gasteiger partial charge on any atom is -0.497 e. The Bertz CT molecular complexity index is 684. The molecule has 0 aromatic heterocycles. The van der Waals surface area contributed by atoms with Crippen molar-refractivity contribution in [3.8, 4) is 11.5 Å². The summed E-state index contributed by atoms with van der Waals surface area (Å²) in [7, 11) is 7.09. The van der Waals surface area contributed by atoms with Crippen LogP contribution in [0.4, 0.5) is 5.69 Å². The fourth-order valence-corrected chi connectivity index (χ4v) is 2.30. The third-order valence-electron chi connectivity index (χ3n) is 3.41. The van der Waals surface area contributed by atoms with Crippen LogP contribution in [0.15, 0.2) is 42.5 Å². The molecule has 0 unspecified atom stereocenters. The monoisotopic (exact) mass is 314 g/mol. The summed E-state index contributed by atoms with van der Waals surface area (Å²) in [4.78, 5) is 14.6. The summed E-state index contributed by atoms with van der Waals surface area (Å²) in [5.74, 6) is 0.911. The van der Waals surface area contributed by atoms with E-state index in [1.807, 2.05) is 38.4 Å². The zero-order valence-corrected chi connectivity index (χ0v) is 13.9. The number of rotatable bonds is 6. The molecule has 0 radical (unpaired) electrons. The van der Waals surface area contributed by atoms with E-state index in [-0.39, 0.29) is 5.91 Å². The van der Waals surface area contributed by atoms with Gasteiger partial charge in [0.2, 0.25) is 0 Å². The van der Waals surface area contributed by atoms with Gasteiger partial charge in [0, 0.05) is 18.3 Å². The summed E-state index contributed by atoms with van der Waals surface area (Å²) < 4.78 is 10.4. The van der Waals surface area contributed by atoms with Gasteiger partial charge < -0.3 is 19.7 Å². The minimum absolute atomic E-state index is 0.212. The third-order valence-corrected chi connectivity index (χ3v) is 3.41. The Morgan fingerprint density at radius 3 is 2.48 bits per heavy atom. The lowest BCUT2D eigenvalue weighted by molar-refractivity contribution is 0.102. The van der Waals surface area contributed by atoms with Gasteiger partial charge in [0.1, 0.15) is 11.5 Å². The summed E-state index contributed by atoms with van der Waals surface area (Å²) >= 11 is 0. The number of benzene rings is 2.